The zero-order valence-electron chi connectivity index (χ0n) is 9.94. The van der Waals surface area contributed by atoms with Crippen molar-refractivity contribution in [3.05, 3.63) is 55.8 Å². The minimum atomic E-state index is -1.13. The van der Waals surface area contributed by atoms with Crippen LogP contribution in [-0.4, -0.2) is 22.4 Å². The lowest BCUT2D eigenvalue weighted by atomic mass is 10.1. The van der Waals surface area contributed by atoms with E-state index in [-0.39, 0.29) is 17.9 Å². The number of rotatable bonds is 5. The van der Waals surface area contributed by atoms with Gasteiger partial charge in [-0.1, -0.05) is 12.1 Å². The summed E-state index contributed by atoms with van der Waals surface area (Å²) in [4.78, 5) is 31.3. The Labute approximate surface area is 107 Å². The van der Waals surface area contributed by atoms with Crippen LogP contribution in [0, 0.1) is 20.2 Å². The lowest BCUT2D eigenvalue weighted by Gasteiger charge is -2.00. The molecular weight excluding hydrogens is 256 g/mol. The van der Waals surface area contributed by atoms with Gasteiger partial charge in [0.25, 0.3) is 5.69 Å². The largest absolute Gasteiger partial charge is 0.458 e. The van der Waals surface area contributed by atoms with Gasteiger partial charge in [-0.25, -0.2) is 4.79 Å². The summed E-state index contributed by atoms with van der Waals surface area (Å²) in [6.07, 6.45) is 0.829. The molecule has 8 nitrogen and oxygen atoms in total. The Morgan fingerprint density at radius 2 is 1.95 bits per heavy atom. The Morgan fingerprint density at radius 1 is 1.32 bits per heavy atom. The second kappa shape index (κ2) is 6.24. The Bertz CT molecular complexity index is 552. The van der Waals surface area contributed by atoms with Crippen molar-refractivity contribution >= 4 is 17.7 Å². The molecule has 8 heteroatoms. The molecule has 1 rings (SSSR count). The van der Waals surface area contributed by atoms with Crippen LogP contribution in [0.25, 0.3) is 6.08 Å². The summed E-state index contributed by atoms with van der Waals surface area (Å²) in [5.74, 6) is -1.13. The van der Waals surface area contributed by atoms with Crippen LogP contribution in [0.2, 0.25) is 0 Å². The lowest BCUT2D eigenvalue weighted by molar-refractivity contribution is -0.419. The van der Waals surface area contributed by atoms with Crippen molar-refractivity contribution < 1.29 is 19.4 Å². The summed E-state index contributed by atoms with van der Waals surface area (Å²) >= 11 is 0. The maximum Gasteiger partial charge on any atom is 0.409 e. The first-order valence-electron chi connectivity index (χ1n) is 5.24. The van der Waals surface area contributed by atoms with Crippen LogP contribution in [0.15, 0.2) is 30.0 Å². The van der Waals surface area contributed by atoms with Crippen LogP contribution < -0.4 is 0 Å². The minimum absolute atomic E-state index is 0.0269. The van der Waals surface area contributed by atoms with Crippen molar-refractivity contribution in [3.63, 3.8) is 0 Å². The van der Waals surface area contributed by atoms with Crippen LogP contribution in [0.4, 0.5) is 5.69 Å². The van der Waals surface area contributed by atoms with Gasteiger partial charge in [-0.15, -0.1) is 0 Å². The van der Waals surface area contributed by atoms with Crippen LogP contribution in [-0.2, 0) is 9.53 Å². The molecule has 1 aromatic carbocycles. The molecule has 0 radical (unpaired) electrons. The maximum absolute atomic E-state index is 11.4. The number of carbonyl (C=O) groups is 1. The van der Waals surface area contributed by atoms with Gasteiger partial charge in [0.05, 0.1) is 22.0 Å². The number of ether oxygens (including phenoxy) is 1. The van der Waals surface area contributed by atoms with Gasteiger partial charge in [0.15, 0.2) is 0 Å². The smallest absolute Gasteiger partial charge is 0.409 e. The fraction of sp³-hybridized carbons (Fsp3) is 0.182. The lowest BCUT2D eigenvalue weighted by Crippen LogP contribution is -2.14. The van der Waals surface area contributed by atoms with Gasteiger partial charge in [0.2, 0.25) is 0 Å². The monoisotopic (exact) mass is 266 g/mol. The highest BCUT2D eigenvalue weighted by molar-refractivity contribution is 5.91. The average Bonchev–Trinajstić information content (AvgIpc) is 2.36. The fourth-order valence-corrected chi connectivity index (χ4v) is 1.31. The molecule has 0 spiro atoms. The number of benzene rings is 1. The molecule has 0 N–H and O–H groups in total. The second-order valence-electron chi connectivity index (χ2n) is 3.32. The Morgan fingerprint density at radius 3 is 2.47 bits per heavy atom. The Hall–Kier alpha value is -2.77. The van der Waals surface area contributed by atoms with E-state index in [1.165, 1.54) is 31.2 Å². The number of nitro groups is 2. The summed E-state index contributed by atoms with van der Waals surface area (Å²) < 4.78 is 4.52. The van der Waals surface area contributed by atoms with E-state index in [0.717, 1.165) is 6.08 Å². The van der Waals surface area contributed by atoms with Gasteiger partial charge in [-0.2, -0.15) is 0 Å². The molecule has 0 bridgehead atoms. The molecule has 100 valence electrons. The molecule has 0 fully saturated rings. The van der Waals surface area contributed by atoms with Gasteiger partial charge >= 0.3 is 11.7 Å². The molecule has 0 aliphatic carbocycles. The quantitative estimate of drug-likeness (QED) is 0.347. The first-order valence-corrected chi connectivity index (χ1v) is 5.24. The Balaban J connectivity index is 3.27. The molecule has 0 aromatic heterocycles. The molecule has 0 atom stereocenters. The van der Waals surface area contributed by atoms with Crippen molar-refractivity contribution in [1.29, 1.82) is 0 Å². The summed E-state index contributed by atoms with van der Waals surface area (Å²) in [7, 11) is 0. The zero-order chi connectivity index (χ0) is 14.4. The van der Waals surface area contributed by atoms with Crippen molar-refractivity contribution in [1.82, 2.24) is 0 Å². The van der Waals surface area contributed by atoms with E-state index < -0.39 is 21.5 Å². The maximum atomic E-state index is 11.4. The highest BCUT2D eigenvalue weighted by Crippen LogP contribution is 2.21. The van der Waals surface area contributed by atoms with Crippen molar-refractivity contribution in [2.45, 2.75) is 6.92 Å². The van der Waals surface area contributed by atoms with Gasteiger partial charge in [-0.3, -0.25) is 20.2 Å². The van der Waals surface area contributed by atoms with E-state index in [0.29, 0.717) is 0 Å². The van der Waals surface area contributed by atoms with E-state index in [1.807, 2.05) is 0 Å². The van der Waals surface area contributed by atoms with Crippen molar-refractivity contribution in [2.75, 3.05) is 6.61 Å². The normalized spacial score (nSPS) is 10.9. The van der Waals surface area contributed by atoms with Crippen LogP contribution in [0.3, 0.4) is 0 Å². The SMILES string of the molecule is CCOC(=O)C(=Cc1ccccc1[N+](=O)[O-])[N+](=O)[O-]. The first-order chi connectivity index (χ1) is 8.97. The third-order valence-corrected chi connectivity index (χ3v) is 2.11. The standard InChI is InChI=1S/C11H10N2O6/c1-2-19-11(14)10(13(17)18)7-8-5-3-4-6-9(8)12(15)16/h3-7H,2H2,1H3. The van der Waals surface area contributed by atoms with E-state index in [4.69, 9.17) is 0 Å². The number of nitrogens with zero attached hydrogens (tertiary/aromatic N) is 2. The van der Waals surface area contributed by atoms with E-state index in [2.05, 4.69) is 4.74 Å². The zero-order valence-corrected chi connectivity index (χ0v) is 9.94. The molecule has 0 aliphatic heterocycles. The van der Waals surface area contributed by atoms with Crippen molar-refractivity contribution in [2.24, 2.45) is 0 Å². The second-order valence-corrected chi connectivity index (χ2v) is 3.32. The van der Waals surface area contributed by atoms with Crippen LogP contribution in [0.5, 0.6) is 0 Å². The predicted molar refractivity (Wildman–Crippen MR) is 64.7 cm³/mol. The molecule has 0 unspecified atom stereocenters. The number of hydrogen-bond acceptors (Lipinski definition) is 6. The summed E-state index contributed by atoms with van der Waals surface area (Å²) in [6, 6.07) is 5.39. The topological polar surface area (TPSA) is 113 Å². The molecule has 0 saturated heterocycles. The number of nitro benzene ring substituents is 1. The summed E-state index contributed by atoms with van der Waals surface area (Å²) in [5, 5.41) is 21.5. The number of carbonyl (C=O) groups excluding carboxylic acids is 1. The highest BCUT2D eigenvalue weighted by Gasteiger charge is 2.25. The number of para-hydroxylation sites is 1. The van der Waals surface area contributed by atoms with Gasteiger partial charge in [0.1, 0.15) is 0 Å². The van der Waals surface area contributed by atoms with E-state index in [1.54, 1.807) is 0 Å². The van der Waals surface area contributed by atoms with E-state index in [9.17, 15) is 25.0 Å². The first kappa shape index (κ1) is 14.3. The number of hydrogen-bond donors (Lipinski definition) is 0. The third kappa shape index (κ3) is 3.60. The molecule has 0 heterocycles. The summed E-state index contributed by atoms with van der Waals surface area (Å²) in [6.45, 7) is 1.47. The molecule has 19 heavy (non-hydrogen) atoms. The highest BCUT2D eigenvalue weighted by atomic mass is 16.6. The number of esters is 1. The molecule has 0 aliphatic rings. The predicted octanol–water partition coefficient (Wildman–Crippen LogP) is 1.78. The van der Waals surface area contributed by atoms with Crippen LogP contribution in [0.1, 0.15) is 12.5 Å². The van der Waals surface area contributed by atoms with E-state index >= 15 is 0 Å². The van der Waals surface area contributed by atoms with Crippen LogP contribution >= 0.6 is 0 Å². The minimum Gasteiger partial charge on any atom is -0.458 e. The third-order valence-electron chi connectivity index (χ3n) is 2.11. The molecule has 0 saturated carbocycles. The average molecular weight is 266 g/mol. The Kier molecular flexibility index (Phi) is 4.69. The summed E-state index contributed by atoms with van der Waals surface area (Å²) in [5.41, 5.74) is -1.21. The van der Waals surface area contributed by atoms with Gasteiger partial charge < -0.3 is 4.74 Å². The van der Waals surface area contributed by atoms with Gasteiger partial charge in [0, 0.05) is 12.1 Å². The van der Waals surface area contributed by atoms with Crippen molar-refractivity contribution in [3.8, 4) is 0 Å². The molecule has 1 aromatic rings. The fourth-order valence-electron chi connectivity index (χ4n) is 1.31. The molecule has 0 amide bonds. The molecular formula is C11H10N2O6. The van der Waals surface area contributed by atoms with Gasteiger partial charge in [-0.05, 0) is 13.0 Å².